The van der Waals surface area contributed by atoms with Crippen LogP contribution in [-0.4, -0.2) is 41.9 Å². The molecule has 1 saturated heterocycles. The summed E-state index contributed by atoms with van der Waals surface area (Å²) < 4.78 is 5.21. The second-order valence-electron chi connectivity index (χ2n) is 8.28. The normalized spacial score (nSPS) is 16.3. The lowest BCUT2D eigenvalue weighted by Gasteiger charge is -2.32. The molecule has 2 N–H and O–H groups in total. The molecule has 1 aliphatic heterocycles. The van der Waals surface area contributed by atoms with Crippen molar-refractivity contribution in [3.05, 3.63) is 59.8 Å². The predicted octanol–water partition coefficient (Wildman–Crippen LogP) is 4.76. The van der Waals surface area contributed by atoms with Crippen molar-refractivity contribution in [3.63, 3.8) is 0 Å². The number of H-pyrrole nitrogens is 1. The van der Waals surface area contributed by atoms with Crippen molar-refractivity contribution in [2.24, 2.45) is 5.92 Å². The number of piperidine rings is 1. The van der Waals surface area contributed by atoms with Crippen molar-refractivity contribution in [1.29, 1.82) is 0 Å². The fourth-order valence-corrected chi connectivity index (χ4v) is 4.36. The Morgan fingerprint density at radius 2 is 2.06 bits per heavy atom. The van der Waals surface area contributed by atoms with Gasteiger partial charge in [-0.15, -0.1) is 0 Å². The topological polar surface area (TPSA) is 74.4 Å². The number of hydrogen-bond acceptors (Lipinski definition) is 3. The minimum Gasteiger partial charge on any atom is -0.497 e. The van der Waals surface area contributed by atoms with Gasteiger partial charge in [0.25, 0.3) is 5.91 Å². The molecule has 1 aliphatic rings. The number of aryl methyl sites for hydroxylation is 1. The second kappa shape index (κ2) is 9.25. The highest BCUT2D eigenvalue weighted by molar-refractivity contribution is 6.06. The van der Waals surface area contributed by atoms with Gasteiger partial charge in [-0.05, 0) is 61.9 Å². The van der Waals surface area contributed by atoms with Crippen LogP contribution in [0.2, 0.25) is 0 Å². The maximum absolute atomic E-state index is 13.1. The summed E-state index contributed by atoms with van der Waals surface area (Å²) in [5.74, 6) is 1.19. The molecule has 31 heavy (non-hydrogen) atoms. The van der Waals surface area contributed by atoms with Gasteiger partial charge in [-0.3, -0.25) is 9.59 Å². The van der Waals surface area contributed by atoms with E-state index in [4.69, 9.17) is 4.74 Å². The van der Waals surface area contributed by atoms with Crippen molar-refractivity contribution in [1.82, 2.24) is 9.88 Å². The number of aromatic nitrogens is 1. The van der Waals surface area contributed by atoms with E-state index in [0.29, 0.717) is 18.9 Å². The van der Waals surface area contributed by atoms with E-state index < -0.39 is 0 Å². The van der Waals surface area contributed by atoms with Gasteiger partial charge in [0.15, 0.2) is 0 Å². The van der Waals surface area contributed by atoms with E-state index in [1.807, 2.05) is 54.3 Å². The van der Waals surface area contributed by atoms with Crippen LogP contribution in [0.25, 0.3) is 10.9 Å². The summed E-state index contributed by atoms with van der Waals surface area (Å²) in [5.41, 5.74) is 3.49. The molecule has 162 valence electrons. The van der Waals surface area contributed by atoms with Gasteiger partial charge in [-0.2, -0.15) is 0 Å². The number of carbonyl (C=O) groups is 2. The molecular weight excluding hydrogens is 390 g/mol. The van der Waals surface area contributed by atoms with Crippen LogP contribution < -0.4 is 10.1 Å². The number of amides is 2. The molecule has 3 aromatic rings. The average molecular weight is 420 g/mol. The van der Waals surface area contributed by atoms with Gasteiger partial charge in [0, 0.05) is 42.3 Å². The Morgan fingerprint density at radius 3 is 2.87 bits per heavy atom. The summed E-state index contributed by atoms with van der Waals surface area (Å²) in [5, 5.41) is 3.96. The SMILES string of the molecule is COc1ccc(NC(=O)CCC2CCCN(C(=O)c3c[nH]c4ccccc34)C2)c(C)c1. The van der Waals surface area contributed by atoms with Crippen LogP contribution in [0.15, 0.2) is 48.7 Å². The van der Waals surface area contributed by atoms with E-state index in [-0.39, 0.29) is 11.8 Å². The molecule has 2 amide bonds. The van der Waals surface area contributed by atoms with Crippen LogP contribution in [-0.2, 0) is 4.79 Å². The third kappa shape index (κ3) is 4.74. The van der Waals surface area contributed by atoms with Gasteiger partial charge in [-0.1, -0.05) is 18.2 Å². The molecule has 6 heteroatoms. The number of nitrogens with one attached hydrogen (secondary N) is 2. The number of hydrogen-bond donors (Lipinski definition) is 2. The van der Waals surface area contributed by atoms with Gasteiger partial charge in [0.05, 0.1) is 12.7 Å². The molecule has 2 aromatic carbocycles. The number of rotatable bonds is 6. The van der Waals surface area contributed by atoms with Crippen LogP contribution in [0.4, 0.5) is 5.69 Å². The van der Waals surface area contributed by atoms with Gasteiger partial charge >= 0.3 is 0 Å². The Labute approximate surface area is 182 Å². The van der Waals surface area contributed by atoms with Crippen LogP contribution in [0.5, 0.6) is 5.75 Å². The maximum atomic E-state index is 13.1. The van der Waals surface area contributed by atoms with Crippen molar-refractivity contribution in [2.45, 2.75) is 32.6 Å². The molecule has 0 radical (unpaired) electrons. The minimum atomic E-state index is 0.00773. The van der Waals surface area contributed by atoms with Gasteiger partial charge in [0.1, 0.15) is 5.75 Å². The third-order valence-corrected chi connectivity index (χ3v) is 6.11. The molecule has 4 rings (SSSR count). The molecule has 0 spiro atoms. The number of carbonyl (C=O) groups excluding carboxylic acids is 2. The van der Waals surface area contributed by atoms with E-state index in [0.717, 1.165) is 59.3 Å². The molecule has 1 atom stereocenters. The Hall–Kier alpha value is -3.28. The molecule has 0 aliphatic carbocycles. The molecule has 2 heterocycles. The van der Waals surface area contributed by atoms with E-state index >= 15 is 0 Å². The molecule has 0 bridgehead atoms. The number of benzene rings is 2. The standard InChI is InChI=1S/C25H29N3O3/c1-17-14-19(31-2)10-11-22(17)27-24(29)12-9-18-6-5-13-28(16-18)25(30)21-15-26-23-8-4-3-7-20(21)23/h3-4,7-8,10-11,14-15,18,26H,5-6,9,12-13,16H2,1-2H3,(H,27,29). The number of aromatic amines is 1. The molecule has 1 aromatic heterocycles. The lowest BCUT2D eigenvalue weighted by Crippen LogP contribution is -2.40. The van der Waals surface area contributed by atoms with E-state index in [9.17, 15) is 9.59 Å². The first-order valence-corrected chi connectivity index (χ1v) is 10.8. The summed E-state index contributed by atoms with van der Waals surface area (Å²) in [6, 6.07) is 13.5. The number of ether oxygens (including phenoxy) is 1. The van der Waals surface area contributed by atoms with Crippen molar-refractivity contribution in [2.75, 3.05) is 25.5 Å². The zero-order valence-corrected chi connectivity index (χ0v) is 18.1. The number of likely N-dealkylation sites (tertiary alicyclic amines) is 1. The van der Waals surface area contributed by atoms with Crippen molar-refractivity contribution < 1.29 is 14.3 Å². The predicted molar refractivity (Wildman–Crippen MR) is 123 cm³/mol. The molecule has 1 fully saturated rings. The van der Waals surface area contributed by atoms with Crippen LogP contribution >= 0.6 is 0 Å². The molecule has 6 nitrogen and oxygen atoms in total. The zero-order valence-electron chi connectivity index (χ0n) is 18.1. The first-order valence-electron chi connectivity index (χ1n) is 10.8. The summed E-state index contributed by atoms with van der Waals surface area (Å²) >= 11 is 0. The van der Waals surface area contributed by atoms with Gasteiger partial charge < -0.3 is 19.9 Å². The van der Waals surface area contributed by atoms with Gasteiger partial charge in [-0.25, -0.2) is 0 Å². The fraction of sp³-hybridized carbons (Fsp3) is 0.360. The maximum Gasteiger partial charge on any atom is 0.256 e. The Morgan fingerprint density at radius 1 is 1.23 bits per heavy atom. The Kier molecular flexibility index (Phi) is 6.26. The number of para-hydroxylation sites is 1. The van der Waals surface area contributed by atoms with E-state index in [1.54, 1.807) is 13.3 Å². The zero-order chi connectivity index (χ0) is 21.8. The lowest BCUT2D eigenvalue weighted by molar-refractivity contribution is -0.116. The summed E-state index contributed by atoms with van der Waals surface area (Å²) in [6.45, 7) is 3.42. The highest BCUT2D eigenvalue weighted by Gasteiger charge is 2.26. The highest BCUT2D eigenvalue weighted by atomic mass is 16.5. The summed E-state index contributed by atoms with van der Waals surface area (Å²) in [7, 11) is 1.63. The molecular formula is C25H29N3O3. The second-order valence-corrected chi connectivity index (χ2v) is 8.28. The minimum absolute atomic E-state index is 0.00773. The first kappa shape index (κ1) is 21.0. The first-order chi connectivity index (χ1) is 15.0. The fourth-order valence-electron chi connectivity index (χ4n) is 4.36. The largest absolute Gasteiger partial charge is 0.497 e. The number of fused-ring (bicyclic) bond motifs is 1. The number of nitrogens with zero attached hydrogens (tertiary/aromatic N) is 1. The summed E-state index contributed by atoms with van der Waals surface area (Å²) in [4.78, 5) is 30.7. The number of methoxy groups -OCH3 is 1. The monoisotopic (exact) mass is 419 g/mol. The molecule has 0 saturated carbocycles. The summed E-state index contributed by atoms with van der Waals surface area (Å²) in [6.07, 6.45) is 5.05. The Bertz CT molecular complexity index is 1090. The Balaban J connectivity index is 1.33. The van der Waals surface area contributed by atoms with E-state index in [2.05, 4.69) is 10.3 Å². The van der Waals surface area contributed by atoms with Crippen molar-refractivity contribution >= 4 is 28.4 Å². The van der Waals surface area contributed by atoms with Crippen molar-refractivity contribution in [3.8, 4) is 5.75 Å². The van der Waals surface area contributed by atoms with Crippen LogP contribution in [0.1, 0.15) is 41.6 Å². The van der Waals surface area contributed by atoms with Gasteiger partial charge in [0.2, 0.25) is 5.91 Å². The molecule has 1 unspecified atom stereocenters. The smallest absolute Gasteiger partial charge is 0.256 e. The third-order valence-electron chi connectivity index (χ3n) is 6.11. The van der Waals surface area contributed by atoms with Crippen LogP contribution in [0.3, 0.4) is 0 Å². The van der Waals surface area contributed by atoms with Crippen LogP contribution in [0, 0.1) is 12.8 Å². The quantitative estimate of drug-likeness (QED) is 0.605. The van der Waals surface area contributed by atoms with E-state index in [1.165, 1.54) is 0 Å². The number of anilines is 1. The lowest BCUT2D eigenvalue weighted by atomic mass is 9.92. The average Bonchev–Trinajstić information content (AvgIpc) is 3.23. The highest BCUT2D eigenvalue weighted by Crippen LogP contribution is 2.26.